The van der Waals surface area contributed by atoms with E-state index >= 15 is 0 Å². The van der Waals surface area contributed by atoms with Gasteiger partial charge in [0.2, 0.25) is 0 Å². The van der Waals surface area contributed by atoms with Gasteiger partial charge in [0.05, 0.1) is 0 Å². The van der Waals surface area contributed by atoms with E-state index in [9.17, 15) is 4.79 Å². The quantitative estimate of drug-likeness (QED) is 0.821. The molecule has 0 spiro atoms. The predicted molar refractivity (Wildman–Crippen MR) is 62.1 cm³/mol. The zero-order chi connectivity index (χ0) is 10.7. The number of aryl methyl sites for hydroxylation is 1. The minimum absolute atomic E-state index is 0.0816. The lowest BCUT2D eigenvalue weighted by Gasteiger charge is -2.15. The number of hydrogen-bond acceptors (Lipinski definition) is 2. The molecule has 0 bridgehead atoms. The van der Waals surface area contributed by atoms with E-state index in [0.717, 1.165) is 25.9 Å². The van der Waals surface area contributed by atoms with Crippen molar-refractivity contribution in [2.45, 2.75) is 26.3 Å². The molecule has 4 heteroatoms. The van der Waals surface area contributed by atoms with E-state index in [1.165, 1.54) is 11.1 Å². The number of carbonyl (C=O) groups excluding carboxylic acids is 1. The maximum atomic E-state index is 11.7. The lowest BCUT2D eigenvalue weighted by Crippen LogP contribution is -2.37. The summed E-state index contributed by atoms with van der Waals surface area (Å²) in [6, 6.07) is 0.0816. The first-order valence-corrected chi connectivity index (χ1v) is 6.26. The molecule has 2 rings (SSSR count). The molecule has 0 saturated carbocycles. The van der Waals surface area contributed by atoms with E-state index in [1.807, 2.05) is 4.90 Å². The van der Waals surface area contributed by atoms with Crippen molar-refractivity contribution in [2.24, 2.45) is 0 Å². The van der Waals surface area contributed by atoms with Gasteiger partial charge < -0.3 is 10.2 Å². The number of rotatable bonds is 2. The van der Waals surface area contributed by atoms with Gasteiger partial charge >= 0.3 is 6.03 Å². The molecule has 1 aliphatic heterocycles. The van der Waals surface area contributed by atoms with Crippen molar-refractivity contribution < 1.29 is 4.79 Å². The molecule has 2 amide bonds. The number of nitrogens with one attached hydrogen (secondary N) is 1. The first-order chi connectivity index (χ1) is 7.27. The third-order valence-corrected chi connectivity index (χ3v) is 3.70. The monoisotopic (exact) mass is 224 g/mol. The molecule has 1 saturated heterocycles. The fraction of sp³-hybridized carbons (Fsp3) is 0.545. The Kier molecular flexibility index (Phi) is 3.26. The summed E-state index contributed by atoms with van der Waals surface area (Å²) in [7, 11) is 0. The standard InChI is InChI=1S/C11H16N2OS/c1-9-7-15-8-10(9)6-12-11(14)13-4-2-3-5-13/h7-8H,2-6H2,1H3,(H,12,14). The van der Waals surface area contributed by atoms with Crippen LogP contribution in [0.15, 0.2) is 10.8 Å². The van der Waals surface area contributed by atoms with E-state index in [2.05, 4.69) is 23.0 Å². The van der Waals surface area contributed by atoms with Crippen LogP contribution < -0.4 is 5.32 Å². The van der Waals surface area contributed by atoms with Crippen LogP contribution >= 0.6 is 11.3 Å². The average Bonchev–Trinajstić information content (AvgIpc) is 2.85. The molecule has 0 unspecified atom stereocenters. The maximum absolute atomic E-state index is 11.7. The molecular formula is C11H16N2OS. The Labute approximate surface area is 94.1 Å². The molecule has 1 fully saturated rings. The zero-order valence-corrected chi connectivity index (χ0v) is 9.77. The van der Waals surface area contributed by atoms with Crippen molar-refractivity contribution >= 4 is 17.4 Å². The van der Waals surface area contributed by atoms with Gasteiger partial charge in [-0.05, 0) is 41.7 Å². The van der Waals surface area contributed by atoms with Gasteiger partial charge in [-0.2, -0.15) is 11.3 Å². The predicted octanol–water partition coefficient (Wildman–Crippen LogP) is 2.36. The number of urea groups is 1. The highest BCUT2D eigenvalue weighted by Crippen LogP contribution is 2.13. The average molecular weight is 224 g/mol. The summed E-state index contributed by atoms with van der Waals surface area (Å²) in [5, 5.41) is 7.17. The topological polar surface area (TPSA) is 32.3 Å². The molecule has 0 aliphatic carbocycles. The van der Waals surface area contributed by atoms with Crippen LogP contribution in [0.5, 0.6) is 0 Å². The van der Waals surface area contributed by atoms with Gasteiger partial charge in [0.1, 0.15) is 0 Å². The van der Waals surface area contributed by atoms with Gasteiger partial charge in [-0.3, -0.25) is 0 Å². The van der Waals surface area contributed by atoms with Crippen molar-refractivity contribution in [3.63, 3.8) is 0 Å². The molecular weight excluding hydrogens is 208 g/mol. The number of thiophene rings is 1. The van der Waals surface area contributed by atoms with Crippen LogP contribution in [0.4, 0.5) is 4.79 Å². The summed E-state index contributed by atoms with van der Waals surface area (Å²) >= 11 is 1.69. The highest BCUT2D eigenvalue weighted by atomic mass is 32.1. The Morgan fingerprint density at radius 2 is 2.20 bits per heavy atom. The molecule has 0 atom stereocenters. The van der Waals surface area contributed by atoms with Crippen LogP contribution in [0.3, 0.4) is 0 Å². The fourth-order valence-corrected chi connectivity index (χ4v) is 2.63. The summed E-state index contributed by atoms with van der Waals surface area (Å²) in [4.78, 5) is 13.6. The van der Waals surface area contributed by atoms with Crippen molar-refractivity contribution in [1.29, 1.82) is 0 Å². The van der Waals surface area contributed by atoms with Crippen LogP contribution in [0, 0.1) is 6.92 Å². The lowest BCUT2D eigenvalue weighted by molar-refractivity contribution is 0.208. The Bertz CT molecular complexity index is 342. The van der Waals surface area contributed by atoms with Crippen LogP contribution in [-0.2, 0) is 6.54 Å². The third-order valence-electron chi connectivity index (χ3n) is 2.78. The molecule has 1 aliphatic rings. The Hall–Kier alpha value is -1.03. The molecule has 0 radical (unpaired) electrons. The maximum Gasteiger partial charge on any atom is 0.317 e. The Balaban J connectivity index is 1.83. The summed E-state index contributed by atoms with van der Waals surface area (Å²) in [6.45, 7) is 4.56. The van der Waals surface area contributed by atoms with Gasteiger partial charge in [0.25, 0.3) is 0 Å². The number of amides is 2. The zero-order valence-electron chi connectivity index (χ0n) is 8.95. The van der Waals surface area contributed by atoms with Gasteiger partial charge in [0, 0.05) is 19.6 Å². The molecule has 15 heavy (non-hydrogen) atoms. The summed E-state index contributed by atoms with van der Waals surface area (Å²) in [5.41, 5.74) is 2.49. The van der Waals surface area contributed by atoms with E-state index in [1.54, 1.807) is 11.3 Å². The van der Waals surface area contributed by atoms with Crippen LogP contribution in [0.2, 0.25) is 0 Å². The number of nitrogens with zero attached hydrogens (tertiary/aromatic N) is 1. The molecule has 1 aromatic heterocycles. The van der Waals surface area contributed by atoms with E-state index in [-0.39, 0.29) is 6.03 Å². The first-order valence-electron chi connectivity index (χ1n) is 5.32. The highest BCUT2D eigenvalue weighted by molar-refractivity contribution is 7.08. The van der Waals surface area contributed by atoms with E-state index < -0.39 is 0 Å². The van der Waals surface area contributed by atoms with Crippen LogP contribution in [0.25, 0.3) is 0 Å². The minimum atomic E-state index is 0.0816. The molecule has 0 aromatic carbocycles. The van der Waals surface area contributed by atoms with Gasteiger partial charge in [-0.15, -0.1) is 0 Å². The van der Waals surface area contributed by atoms with Crippen LogP contribution in [0.1, 0.15) is 24.0 Å². The van der Waals surface area contributed by atoms with E-state index in [0.29, 0.717) is 6.54 Å². The summed E-state index contributed by atoms with van der Waals surface area (Å²) in [5.74, 6) is 0. The van der Waals surface area contributed by atoms with Crippen molar-refractivity contribution in [2.75, 3.05) is 13.1 Å². The smallest absolute Gasteiger partial charge is 0.317 e. The largest absolute Gasteiger partial charge is 0.334 e. The highest BCUT2D eigenvalue weighted by Gasteiger charge is 2.17. The second-order valence-corrected chi connectivity index (χ2v) is 4.68. The Morgan fingerprint density at radius 1 is 1.47 bits per heavy atom. The number of carbonyl (C=O) groups is 1. The fourth-order valence-electron chi connectivity index (χ4n) is 1.77. The van der Waals surface area contributed by atoms with E-state index in [4.69, 9.17) is 0 Å². The molecule has 1 aromatic rings. The normalized spacial score (nSPS) is 15.7. The summed E-state index contributed by atoms with van der Waals surface area (Å²) in [6.07, 6.45) is 2.29. The third kappa shape index (κ3) is 2.50. The number of likely N-dealkylation sites (tertiary alicyclic amines) is 1. The Morgan fingerprint density at radius 3 is 2.80 bits per heavy atom. The lowest BCUT2D eigenvalue weighted by atomic mass is 10.2. The van der Waals surface area contributed by atoms with Crippen molar-refractivity contribution in [3.8, 4) is 0 Å². The summed E-state index contributed by atoms with van der Waals surface area (Å²) < 4.78 is 0. The van der Waals surface area contributed by atoms with Crippen LogP contribution in [-0.4, -0.2) is 24.0 Å². The van der Waals surface area contributed by atoms with Gasteiger partial charge in [-0.1, -0.05) is 0 Å². The minimum Gasteiger partial charge on any atom is -0.334 e. The molecule has 82 valence electrons. The second kappa shape index (κ2) is 4.66. The molecule has 1 N–H and O–H groups in total. The second-order valence-electron chi connectivity index (χ2n) is 3.93. The molecule has 3 nitrogen and oxygen atoms in total. The first kappa shape index (κ1) is 10.5. The van der Waals surface area contributed by atoms with Crippen molar-refractivity contribution in [1.82, 2.24) is 10.2 Å². The number of hydrogen-bond donors (Lipinski definition) is 1. The van der Waals surface area contributed by atoms with Gasteiger partial charge in [-0.25, -0.2) is 4.79 Å². The van der Waals surface area contributed by atoms with Crippen molar-refractivity contribution in [3.05, 3.63) is 21.9 Å². The molecule has 2 heterocycles. The SMILES string of the molecule is Cc1cscc1CNC(=O)N1CCCC1. The van der Waals surface area contributed by atoms with Gasteiger partial charge in [0.15, 0.2) is 0 Å².